The molecule has 4 aromatic rings. The number of nitrogens with one attached hydrogen (secondary N) is 1. The maximum Gasteiger partial charge on any atom is 0.253 e. The van der Waals surface area contributed by atoms with Crippen molar-refractivity contribution in [1.29, 1.82) is 0 Å². The molecule has 3 aromatic carbocycles. The van der Waals surface area contributed by atoms with Gasteiger partial charge < -0.3 is 15.0 Å². The van der Waals surface area contributed by atoms with Gasteiger partial charge in [-0.1, -0.05) is 48.5 Å². The van der Waals surface area contributed by atoms with Crippen LogP contribution in [0.3, 0.4) is 0 Å². The third-order valence-electron chi connectivity index (χ3n) is 4.71. The third kappa shape index (κ3) is 3.62. The van der Waals surface area contributed by atoms with Crippen LogP contribution >= 0.6 is 0 Å². The number of carbonyl (C=O) groups excluding carboxylic acids is 1. The number of hydrogen-bond acceptors (Lipinski definition) is 3. The van der Waals surface area contributed by atoms with Crippen LogP contribution in [0.25, 0.3) is 10.9 Å². The van der Waals surface area contributed by atoms with Gasteiger partial charge in [0.1, 0.15) is 0 Å². The molecule has 5 heteroatoms. The number of aliphatic imine (C=N–C) groups is 1. The van der Waals surface area contributed by atoms with E-state index >= 15 is 0 Å². The van der Waals surface area contributed by atoms with Gasteiger partial charge in [-0.05, 0) is 30.3 Å². The van der Waals surface area contributed by atoms with E-state index in [1.165, 1.54) is 4.90 Å². The number of aromatic hydroxyl groups is 1. The highest BCUT2D eigenvalue weighted by Crippen LogP contribution is 2.32. The maximum absolute atomic E-state index is 12.5. The van der Waals surface area contributed by atoms with Crippen molar-refractivity contribution in [2.45, 2.75) is 0 Å². The van der Waals surface area contributed by atoms with Crippen LogP contribution in [0.2, 0.25) is 0 Å². The fourth-order valence-electron chi connectivity index (χ4n) is 3.30. The van der Waals surface area contributed by atoms with Crippen molar-refractivity contribution in [2.24, 2.45) is 4.99 Å². The van der Waals surface area contributed by atoms with Gasteiger partial charge in [-0.25, -0.2) is 4.99 Å². The number of nitrogens with zero attached hydrogens (tertiary/aromatic N) is 2. The van der Waals surface area contributed by atoms with Crippen molar-refractivity contribution < 1.29 is 9.90 Å². The zero-order valence-electron chi connectivity index (χ0n) is 16.3. The molecule has 2 N–H and O–H groups in total. The fourth-order valence-corrected chi connectivity index (χ4v) is 3.30. The summed E-state index contributed by atoms with van der Waals surface area (Å²) in [5.41, 5.74) is 4.15. The second kappa shape index (κ2) is 7.64. The van der Waals surface area contributed by atoms with Gasteiger partial charge in [0, 0.05) is 36.1 Å². The molecular weight excluding hydrogens is 362 g/mol. The number of fused-ring (bicyclic) bond motifs is 1. The lowest BCUT2D eigenvalue weighted by Crippen LogP contribution is -2.21. The standard InChI is InChI=1S/C24H21N3O2/c1-27(2)24(29)17-13-14-20-19(15-17)21(23(28)26-20)22(16-9-5-3-6-10-16)25-18-11-7-4-8-12-18/h3-15,26,28H,1-2H3. The Hall–Kier alpha value is -3.86. The number of amides is 1. The van der Waals surface area contributed by atoms with Gasteiger partial charge in [0.05, 0.1) is 17.0 Å². The number of para-hydroxylation sites is 1. The maximum atomic E-state index is 12.5. The Balaban J connectivity index is 1.97. The highest BCUT2D eigenvalue weighted by Gasteiger charge is 2.20. The largest absolute Gasteiger partial charge is 0.494 e. The molecule has 144 valence electrons. The molecule has 0 atom stereocenters. The smallest absolute Gasteiger partial charge is 0.253 e. The van der Waals surface area contributed by atoms with E-state index in [1.807, 2.05) is 60.7 Å². The van der Waals surface area contributed by atoms with Gasteiger partial charge in [0.25, 0.3) is 5.91 Å². The molecule has 0 saturated heterocycles. The van der Waals surface area contributed by atoms with E-state index in [-0.39, 0.29) is 11.8 Å². The topological polar surface area (TPSA) is 68.7 Å². The Morgan fingerprint density at radius 2 is 1.55 bits per heavy atom. The Labute approximate surface area is 169 Å². The molecule has 0 aliphatic carbocycles. The molecule has 0 unspecified atom stereocenters. The zero-order chi connectivity index (χ0) is 20.4. The summed E-state index contributed by atoms with van der Waals surface area (Å²) in [6.07, 6.45) is 0. The molecule has 0 aliphatic heterocycles. The van der Waals surface area contributed by atoms with E-state index in [2.05, 4.69) is 4.98 Å². The quantitative estimate of drug-likeness (QED) is 0.500. The molecule has 0 fully saturated rings. The molecule has 0 aliphatic rings. The minimum atomic E-state index is -0.0974. The summed E-state index contributed by atoms with van der Waals surface area (Å²) in [5, 5.41) is 11.5. The van der Waals surface area contributed by atoms with Crippen molar-refractivity contribution >= 4 is 28.2 Å². The predicted molar refractivity (Wildman–Crippen MR) is 116 cm³/mol. The molecule has 0 saturated carbocycles. The Morgan fingerprint density at radius 3 is 2.21 bits per heavy atom. The molecular formula is C24H21N3O2. The Morgan fingerprint density at radius 1 is 0.897 bits per heavy atom. The summed E-state index contributed by atoms with van der Waals surface area (Å²) < 4.78 is 0. The van der Waals surface area contributed by atoms with E-state index in [0.29, 0.717) is 16.8 Å². The first-order valence-electron chi connectivity index (χ1n) is 9.30. The number of rotatable bonds is 4. The molecule has 29 heavy (non-hydrogen) atoms. The molecule has 0 radical (unpaired) electrons. The molecule has 1 aromatic heterocycles. The lowest BCUT2D eigenvalue weighted by atomic mass is 9.99. The lowest BCUT2D eigenvalue weighted by molar-refractivity contribution is 0.0828. The summed E-state index contributed by atoms with van der Waals surface area (Å²) in [4.78, 5) is 21.8. The summed E-state index contributed by atoms with van der Waals surface area (Å²) in [6.45, 7) is 0. The molecule has 5 nitrogen and oxygen atoms in total. The van der Waals surface area contributed by atoms with E-state index in [0.717, 1.165) is 22.2 Å². The van der Waals surface area contributed by atoms with Crippen molar-refractivity contribution in [3.63, 3.8) is 0 Å². The minimum absolute atomic E-state index is 0.0213. The number of aromatic nitrogens is 1. The molecule has 0 spiro atoms. The molecule has 1 heterocycles. The van der Waals surface area contributed by atoms with Crippen molar-refractivity contribution in [3.05, 3.63) is 95.6 Å². The first-order valence-corrected chi connectivity index (χ1v) is 9.30. The SMILES string of the molecule is CN(C)C(=O)c1ccc2[nH]c(O)c(C(=Nc3ccccc3)c3ccccc3)c2c1. The van der Waals surface area contributed by atoms with Gasteiger partial charge in [0.15, 0.2) is 5.88 Å². The van der Waals surface area contributed by atoms with Gasteiger partial charge in [0.2, 0.25) is 0 Å². The molecule has 0 bridgehead atoms. The van der Waals surface area contributed by atoms with Crippen LogP contribution in [-0.2, 0) is 0 Å². The normalized spacial score (nSPS) is 11.6. The van der Waals surface area contributed by atoms with E-state index < -0.39 is 0 Å². The van der Waals surface area contributed by atoms with Crippen molar-refractivity contribution in [1.82, 2.24) is 9.88 Å². The van der Waals surface area contributed by atoms with Crippen LogP contribution in [0, 0.1) is 0 Å². The van der Waals surface area contributed by atoms with E-state index in [9.17, 15) is 9.90 Å². The predicted octanol–water partition coefficient (Wildman–Crippen LogP) is 4.74. The highest BCUT2D eigenvalue weighted by molar-refractivity contribution is 6.22. The number of carbonyl (C=O) groups is 1. The minimum Gasteiger partial charge on any atom is -0.494 e. The fraction of sp³-hybridized carbons (Fsp3) is 0.0833. The monoisotopic (exact) mass is 383 g/mol. The Bertz CT molecular complexity index is 1190. The number of benzene rings is 3. The highest BCUT2D eigenvalue weighted by atomic mass is 16.3. The van der Waals surface area contributed by atoms with Crippen LogP contribution in [-0.4, -0.2) is 40.7 Å². The van der Waals surface area contributed by atoms with Gasteiger partial charge in [-0.15, -0.1) is 0 Å². The molecule has 4 rings (SSSR count). The Kier molecular flexibility index (Phi) is 4.87. The molecule has 1 amide bonds. The second-order valence-corrected chi connectivity index (χ2v) is 6.97. The van der Waals surface area contributed by atoms with Gasteiger partial charge in [-0.2, -0.15) is 0 Å². The number of aromatic amines is 1. The van der Waals surface area contributed by atoms with Crippen LogP contribution in [0.4, 0.5) is 5.69 Å². The van der Waals surface area contributed by atoms with E-state index in [4.69, 9.17) is 4.99 Å². The first-order chi connectivity index (χ1) is 14.0. The van der Waals surface area contributed by atoms with Crippen LogP contribution in [0.1, 0.15) is 21.5 Å². The van der Waals surface area contributed by atoms with Crippen LogP contribution in [0.15, 0.2) is 83.9 Å². The van der Waals surface area contributed by atoms with Gasteiger partial charge in [-0.3, -0.25) is 4.79 Å². The van der Waals surface area contributed by atoms with E-state index in [1.54, 1.807) is 32.3 Å². The van der Waals surface area contributed by atoms with Crippen molar-refractivity contribution in [2.75, 3.05) is 14.1 Å². The van der Waals surface area contributed by atoms with Gasteiger partial charge >= 0.3 is 0 Å². The second-order valence-electron chi connectivity index (χ2n) is 6.97. The number of hydrogen-bond donors (Lipinski definition) is 2. The summed E-state index contributed by atoms with van der Waals surface area (Å²) >= 11 is 0. The average molecular weight is 383 g/mol. The zero-order valence-corrected chi connectivity index (χ0v) is 16.3. The number of H-pyrrole nitrogens is 1. The van der Waals surface area contributed by atoms with Crippen LogP contribution in [0.5, 0.6) is 5.88 Å². The summed E-state index contributed by atoms with van der Waals surface area (Å²) in [6, 6.07) is 24.7. The summed E-state index contributed by atoms with van der Waals surface area (Å²) in [5.74, 6) is -0.0761. The third-order valence-corrected chi connectivity index (χ3v) is 4.71. The van der Waals surface area contributed by atoms with Crippen LogP contribution < -0.4 is 0 Å². The lowest BCUT2D eigenvalue weighted by Gasteiger charge is -2.11. The van der Waals surface area contributed by atoms with Crippen molar-refractivity contribution in [3.8, 4) is 5.88 Å². The first kappa shape index (κ1) is 18.5. The average Bonchev–Trinajstić information content (AvgIpc) is 3.07. The summed E-state index contributed by atoms with van der Waals surface area (Å²) in [7, 11) is 3.43.